The second kappa shape index (κ2) is 13.6. The largest absolute Gasteiger partial charge is 0.497 e. The first-order chi connectivity index (χ1) is 18.9. The summed E-state index contributed by atoms with van der Waals surface area (Å²) in [5, 5.41) is 23.1. The van der Waals surface area contributed by atoms with Gasteiger partial charge in [-0.25, -0.2) is 0 Å². The van der Waals surface area contributed by atoms with Gasteiger partial charge in [-0.05, 0) is 53.8 Å². The molecule has 4 rings (SSSR count). The van der Waals surface area contributed by atoms with Crippen molar-refractivity contribution in [3.05, 3.63) is 135 Å². The second-order valence-corrected chi connectivity index (χ2v) is 9.59. The molecule has 0 aliphatic carbocycles. The van der Waals surface area contributed by atoms with E-state index in [2.05, 4.69) is 24.0 Å². The predicted octanol–water partition coefficient (Wildman–Crippen LogP) is 6.35. The van der Waals surface area contributed by atoms with E-state index in [1.165, 1.54) is 6.07 Å². The van der Waals surface area contributed by atoms with Crippen molar-refractivity contribution in [3.63, 3.8) is 0 Å². The Labute approximate surface area is 229 Å². The molecule has 1 N–H and O–H groups in total. The van der Waals surface area contributed by atoms with Crippen molar-refractivity contribution < 1.29 is 19.5 Å². The number of methoxy groups -OCH3 is 1. The van der Waals surface area contributed by atoms with Crippen LogP contribution in [0, 0.1) is 10.1 Å². The van der Waals surface area contributed by atoms with Gasteiger partial charge in [-0.2, -0.15) is 0 Å². The van der Waals surface area contributed by atoms with Gasteiger partial charge in [0.05, 0.1) is 18.1 Å². The van der Waals surface area contributed by atoms with E-state index in [1.807, 2.05) is 72.8 Å². The number of rotatable bonds is 13. The number of nitro benzene ring substituents is 1. The highest BCUT2D eigenvalue weighted by Crippen LogP contribution is 2.32. The van der Waals surface area contributed by atoms with Gasteiger partial charge >= 0.3 is 5.69 Å². The molecule has 0 aliphatic rings. The average molecular weight is 527 g/mol. The molecule has 0 saturated carbocycles. The summed E-state index contributed by atoms with van der Waals surface area (Å²) in [6.07, 6.45) is -0.149. The lowest BCUT2D eigenvalue weighted by Gasteiger charge is -2.31. The van der Waals surface area contributed by atoms with Crippen molar-refractivity contribution >= 4 is 5.69 Å². The fourth-order valence-corrected chi connectivity index (χ4v) is 4.52. The second-order valence-electron chi connectivity index (χ2n) is 9.59. The highest BCUT2D eigenvalue weighted by Gasteiger charge is 2.23. The molecule has 4 aromatic rings. The number of benzene rings is 4. The third-order valence-electron chi connectivity index (χ3n) is 6.75. The van der Waals surface area contributed by atoms with E-state index in [0.717, 1.165) is 28.9 Å². The third kappa shape index (κ3) is 7.89. The molecule has 39 heavy (non-hydrogen) atoms. The smallest absolute Gasteiger partial charge is 0.311 e. The summed E-state index contributed by atoms with van der Waals surface area (Å²) < 4.78 is 11.0. The average Bonchev–Trinajstić information content (AvgIpc) is 2.97. The predicted molar refractivity (Wildman–Crippen MR) is 152 cm³/mol. The van der Waals surface area contributed by atoms with E-state index in [9.17, 15) is 15.2 Å². The summed E-state index contributed by atoms with van der Waals surface area (Å²) in [4.78, 5) is 13.6. The fraction of sp³-hybridized carbons (Fsp3) is 0.250. The van der Waals surface area contributed by atoms with Crippen LogP contribution in [0.15, 0.2) is 103 Å². The normalized spacial score (nSPS) is 12.6. The number of nitro groups is 1. The number of ether oxygens (including phenoxy) is 2. The van der Waals surface area contributed by atoms with Crippen LogP contribution in [0.2, 0.25) is 0 Å². The fourth-order valence-electron chi connectivity index (χ4n) is 4.52. The molecule has 0 spiro atoms. The first-order valence-corrected chi connectivity index (χ1v) is 13.0. The molecule has 0 saturated heterocycles. The maximum absolute atomic E-state index is 11.9. The van der Waals surface area contributed by atoms with Crippen LogP contribution in [0.4, 0.5) is 5.69 Å². The number of hydrogen-bond acceptors (Lipinski definition) is 6. The van der Waals surface area contributed by atoms with Gasteiger partial charge in [0, 0.05) is 25.2 Å². The first kappa shape index (κ1) is 27.8. The Morgan fingerprint density at radius 1 is 0.872 bits per heavy atom. The number of nitrogens with zero attached hydrogens (tertiary/aromatic N) is 2. The van der Waals surface area contributed by atoms with E-state index in [1.54, 1.807) is 19.2 Å². The maximum atomic E-state index is 11.9. The van der Waals surface area contributed by atoms with Gasteiger partial charge in [0.2, 0.25) is 0 Å². The number of aliphatic hydroxyl groups is 1. The molecule has 0 heterocycles. The minimum Gasteiger partial charge on any atom is -0.497 e. The number of aliphatic hydroxyl groups excluding tert-OH is 1. The van der Waals surface area contributed by atoms with Crippen molar-refractivity contribution in [2.45, 2.75) is 38.6 Å². The maximum Gasteiger partial charge on any atom is 0.311 e. The van der Waals surface area contributed by atoms with Crippen LogP contribution in [0.5, 0.6) is 11.5 Å². The first-order valence-electron chi connectivity index (χ1n) is 13.0. The van der Waals surface area contributed by atoms with E-state index >= 15 is 0 Å². The topological polar surface area (TPSA) is 85.1 Å². The third-order valence-corrected chi connectivity index (χ3v) is 6.75. The van der Waals surface area contributed by atoms with Gasteiger partial charge in [0.25, 0.3) is 0 Å². The summed E-state index contributed by atoms with van der Waals surface area (Å²) in [7, 11) is 1.65. The van der Waals surface area contributed by atoms with Crippen molar-refractivity contribution in [1.82, 2.24) is 4.90 Å². The quantitative estimate of drug-likeness (QED) is 0.161. The summed E-state index contributed by atoms with van der Waals surface area (Å²) in [6, 6.07) is 32.3. The van der Waals surface area contributed by atoms with Crippen molar-refractivity contribution in [2.75, 3.05) is 13.7 Å². The van der Waals surface area contributed by atoms with Crippen LogP contribution in [0.3, 0.4) is 0 Å². The van der Waals surface area contributed by atoms with Crippen molar-refractivity contribution in [1.29, 1.82) is 0 Å². The molecule has 7 heteroatoms. The van der Waals surface area contributed by atoms with Crippen LogP contribution in [-0.2, 0) is 19.6 Å². The van der Waals surface area contributed by atoms with Gasteiger partial charge in [0.1, 0.15) is 12.4 Å². The SMILES string of the molecule is COc1ccc(C[C@H](C)N(Cc2ccccc2)C[C@H](O)c2ccc(OCc3ccccc3)c([N+](=O)[O-])c2)cc1. The van der Waals surface area contributed by atoms with Gasteiger partial charge in [-0.15, -0.1) is 0 Å². The zero-order valence-corrected chi connectivity index (χ0v) is 22.3. The molecule has 2 atom stereocenters. The Morgan fingerprint density at radius 3 is 2.13 bits per heavy atom. The monoisotopic (exact) mass is 526 g/mol. The van der Waals surface area contributed by atoms with E-state index in [0.29, 0.717) is 18.7 Å². The molecule has 202 valence electrons. The Bertz CT molecular complexity index is 1330. The molecular formula is C32H34N2O5. The van der Waals surface area contributed by atoms with Gasteiger partial charge in [-0.1, -0.05) is 78.9 Å². The lowest BCUT2D eigenvalue weighted by Crippen LogP contribution is -2.37. The zero-order chi connectivity index (χ0) is 27.6. The van der Waals surface area contributed by atoms with Crippen molar-refractivity contribution in [2.24, 2.45) is 0 Å². The van der Waals surface area contributed by atoms with Crippen LogP contribution in [0.25, 0.3) is 0 Å². The highest BCUT2D eigenvalue weighted by atomic mass is 16.6. The molecule has 0 unspecified atom stereocenters. The Balaban J connectivity index is 1.51. The summed E-state index contributed by atoms with van der Waals surface area (Å²) in [5.74, 6) is 0.981. The highest BCUT2D eigenvalue weighted by molar-refractivity contribution is 5.49. The molecule has 7 nitrogen and oxygen atoms in total. The molecule has 4 aromatic carbocycles. The molecule has 0 amide bonds. The standard InChI is InChI=1S/C32H34N2O5/c1-24(19-25-13-16-29(38-2)17-14-25)33(21-26-9-5-3-6-10-26)22-31(35)28-15-18-32(30(20-28)34(36)37)39-23-27-11-7-4-8-12-27/h3-18,20,24,31,35H,19,21-23H2,1-2H3/t24-,31-/m0/s1. The van der Waals surface area contributed by atoms with E-state index in [-0.39, 0.29) is 24.1 Å². The van der Waals surface area contributed by atoms with Crippen molar-refractivity contribution in [3.8, 4) is 11.5 Å². The number of hydrogen-bond donors (Lipinski definition) is 1. The molecule has 0 radical (unpaired) electrons. The lowest BCUT2D eigenvalue weighted by atomic mass is 10.0. The van der Waals surface area contributed by atoms with E-state index in [4.69, 9.17) is 9.47 Å². The summed E-state index contributed by atoms with van der Waals surface area (Å²) >= 11 is 0. The van der Waals surface area contributed by atoms with E-state index < -0.39 is 11.0 Å². The minimum absolute atomic E-state index is 0.0942. The zero-order valence-electron chi connectivity index (χ0n) is 22.3. The molecule has 0 aliphatic heterocycles. The van der Waals surface area contributed by atoms with Crippen LogP contribution in [-0.4, -0.2) is 34.6 Å². The minimum atomic E-state index is -0.922. The Morgan fingerprint density at radius 2 is 1.51 bits per heavy atom. The Kier molecular flexibility index (Phi) is 9.67. The summed E-state index contributed by atoms with van der Waals surface area (Å²) in [5.41, 5.74) is 3.51. The van der Waals surface area contributed by atoms with Crippen LogP contribution >= 0.6 is 0 Å². The van der Waals surface area contributed by atoms with Crippen LogP contribution < -0.4 is 9.47 Å². The van der Waals surface area contributed by atoms with Gasteiger partial charge < -0.3 is 14.6 Å². The van der Waals surface area contributed by atoms with Gasteiger partial charge in [-0.3, -0.25) is 15.0 Å². The molecule has 0 aromatic heterocycles. The van der Waals surface area contributed by atoms with Crippen LogP contribution in [0.1, 0.15) is 35.3 Å². The molecule has 0 bridgehead atoms. The lowest BCUT2D eigenvalue weighted by molar-refractivity contribution is -0.386. The molecule has 0 fully saturated rings. The molecular weight excluding hydrogens is 492 g/mol. The van der Waals surface area contributed by atoms with Gasteiger partial charge in [0.15, 0.2) is 5.75 Å². The summed E-state index contributed by atoms with van der Waals surface area (Å²) in [6.45, 7) is 3.29. The Hall–Kier alpha value is -4.20.